The van der Waals surface area contributed by atoms with Crippen molar-refractivity contribution in [2.45, 2.75) is 0 Å². The molecule has 0 saturated heterocycles. The zero-order valence-electron chi connectivity index (χ0n) is 36.6. The molecule has 0 amide bonds. The second-order valence-corrected chi connectivity index (χ2v) is 17.3. The number of aromatic nitrogens is 1. The van der Waals surface area contributed by atoms with E-state index in [0.29, 0.717) is 0 Å². The van der Waals surface area contributed by atoms with E-state index in [4.69, 9.17) is 4.42 Å². The van der Waals surface area contributed by atoms with Crippen LogP contribution in [-0.4, -0.2) is 4.57 Å². The molecular weight excluding hydrogens is 813 g/mol. The Labute approximate surface area is 388 Å². The Morgan fingerprint density at radius 2 is 0.761 bits per heavy atom. The molecule has 3 heteroatoms. The number of nitrogens with zero attached hydrogens (tertiary/aromatic N) is 2. The highest BCUT2D eigenvalue weighted by atomic mass is 16.3. The number of rotatable bonds is 8. The van der Waals surface area contributed by atoms with Crippen LogP contribution in [0.2, 0.25) is 0 Å². The molecule has 0 fully saturated rings. The third-order valence-corrected chi connectivity index (χ3v) is 13.4. The van der Waals surface area contributed by atoms with Gasteiger partial charge in [-0.2, -0.15) is 0 Å². The summed E-state index contributed by atoms with van der Waals surface area (Å²) in [5.41, 5.74) is 17.9. The second kappa shape index (κ2) is 16.0. The summed E-state index contributed by atoms with van der Waals surface area (Å²) >= 11 is 0. The molecule has 0 unspecified atom stereocenters. The van der Waals surface area contributed by atoms with Crippen molar-refractivity contribution in [3.8, 4) is 50.2 Å². The molecule has 0 aliphatic carbocycles. The van der Waals surface area contributed by atoms with Crippen molar-refractivity contribution < 1.29 is 4.42 Å². The van der Waals surface area contributed by atoms with Crippen LogP contribution in [0.5, 0.6) is 0 Å². The molecule has 0 radical (unpaired) electrons. The van der Waals surface area contributed by atoms with Gasteiger partial charge in [0.1, 0.15) is 11.2 Å². The SMILES string of the molecule is c1cc(-c2ccc(N(c3ccc(-c4ccc5c(c4)oc4ccccc45)cc3)c3ccc(-c4ccccc4-n4c5ccccc5c5ccccc54)cc3)cc2)cc(-c2ccc3ccccc3c2)c1. The van der Waals surface area contributed by atoms with Gasteiger partial charge in [0, 0.05) is 44.2 Å². The maximum absolute atomic E-state index is 6.28. The fraction of sp³-hybridized carbons (Fsp3) is 0. The van der Waals surface area contributed by atoms with Crippen molar-refractivity contribution in [3.63, 3.8) is 0 Å². The normalized spacial score (nSPS) is 11.6. The van der Waals surface area contributed by atoms with Crippen molar-refractivity contribution in [3.05, 3.63) is 255 Å². The van der Waals surface area contributed by atoms with E-state index in [1.807, 2.05) is 12.1 Å². The van der Waals surface area contributed by atoms with Crippen molar-refractivity contribution in [1.29, 1.82) is 0 Å². The molecule has 314 valence electrons. The average Bonchev–Trinajstić information content (AvgIpc) is 3.95. The van der Waals surface area contributed by atoms with Crippen LogP contribution >= 0.6 is 0 Å². The first-order valence-corrected chi connectivity index (χ1v) is 22.9. The summed E-state index contributed by atoms with van der Waals surface area (Å²) < 4.78 is 8.69. The van der Waals surface area contributed by atoms with E-state index in [-0.39, 0.29) is 0 Å². The zero-order valence-corrected chi connectivity index (χ0v) is 36.6. The number of furan rings is 1. The predicted octanol–water partition coefficient (Wildman–Crippen LogP) is 18.0. The van der Waals surface area contributed by atoms with Crippen LogP contribution in [0.3, 0.4) is 0 Å². The maximum atomic E-state index is 6.28. The fourth-order valence-electron chi connectivity index (χ4n) is 10.1. The summed E-state index contributed by atoms with van der Waals surface area (Å²) in [4.78, 5) is 2.35. The van der Waals surface area contributed by atoms with Gasteiger partial charge in [-0.3, -0.25) is 0 Å². The minimum absolute atomic E-state index is 0.895. The molecule has 11 aromatic carbocycles. The zero-order chi connectivity index (χ0) is 44.3. The fourth-order valence-corrected chi connectivity index (χ4v) is 10.1. The van der Waals surface area contributed by atoms with E-state index in [9.17, 15) is 0 Å². The van der Waals surface area contributed by atoms with Gasteiger partial charge in [-0.15, -0.1) is 0 Å². The summed E-state index contributed by atoms with van der Waals surface area (Å²) in [6.45, 7) is 0. The first kappa shape index (κ1) is 38.5. The van der Waals surface area contributed by atoms with Crippen LogP contribution < -0.4 is 4.90 Å². The smallest absolute Gasteiger partial charge is 0.136 e. The first-order chi connectivity index (χ1) is 33.2. The summed E-state index contributed by atoms with van der Waals surface area (Å²) in [5.74, 6) is 0. The lowest BCUT2D eigenvalue weighted by molar-refractivity contribution is 0.669. The van der Waals surface area contributed by atoms with Gasteiger partial charge in [-0.25, -0.2) is 0 Å². The van der Waals surface area contributed by atoms with E-state index >= 15 is 0 Å². The molecule has 2 aromatic heterocycles. The monoisotopic (exact) mass is 854 g/mol. The van der Waals surface area contributed by atoms with Gasteiger partial charge >= 0.3 is 0 Å². The van der Waals surface area contributed by atoms with Gasteiger partial charge in [0.15, 0.2) is 0 Å². The Morgan fingerprint density at radius 3 is 1.45 bits per heavy atom. The van der Waals surface area contributed by atoms with Crippen molar-refractivity contribution in [1.82, 2.24) is 4.57 Å². The van der Waals surface area contributed by atoms with E-state index in [2.05, 4.69) is 252 Å². The van der Waals surface area contributed by atoms with Crippen LogP contribution in [0.15, 0.2) is 259 Å². The third kappa shape index (κ3) is 6.76. The third-order valence-electron chi connectivity index (χ3n) is 13.4. The van der Waals surface area contributed by atoms with Gasteiger partial charge in [0.2, 0.25) is 0 Å². The highest BCUT2D eigenvalue weighted by Gasteiger charge is 2.18. The first-order valence-electron chi connectivity index (χ1n) is 22.9. The van der Waals surface area contributed by atoms with Gasteiger partial charge in [0.05, 0.1) is 16.7 Å². The van der Waals surface area contributed by atoms with Crippen molar-refractivity contribution in [2.24, 2.45) is 0 Å². The number of anilines is 3. The summed E-state index contributed by atoms with van der Waals surface area (Å²) in [7, 11) is 0. The lowest BCUT2D eigenvalue weighted by atomic mass is 9.97. The molecule has 0 spiro atoms. The summed E-state index contributed by atoms with van der Waals surface area (Å²) in [5, 5.41) is 7.27. The number of para-hydroxylation sites is 4. The number of fused-ring (bicyclic) bond motifs is 7. The van der Waals surface area contributed by atoms with E-state index in [1.165, 1.54) is 60.4 Å². The summed E-state index contributed by atoms with van der Waals surface area (Å²) in [6, 6.07) is 92.0. The molecule has 3 nitrogen and oxygen atoms in total. The Morgan fingerprint density at radius 1 is 0.284 bits per heavy atom. The van der Waals surface area contributed by atoms with E-state index in [0.717, 1.165) is 61.4 Å². The molecule has 0 atom stereocenters. The Hall–Kier alpha value is -8.92. The maximum Gasteiger partial charge on any atom is 0.136 e. The number of benzene rings is 11. The molecular formula is C64H42N2O. The molecule has 0 N–H and O–H groups in total. The Balaban J connectivity index is 0.877. The lowest BCUT2D eigenvalue weighted by Crippen LogP contribution is -2.09. The number of hydrogen-bond acceptors (Lipinski definition) is 2. The molecule has 0 bridgehead atoms. The van der Waals surface area contributed by atoms with Crippen LogP contribution in [0, 0.1) is 0 Å². The highest BCUT2D eigenvalue weighted by Crippen LogP contribution is 2.41. The minimum atomic E-state index is 0.895. The van der Waals surface area contributed by atoms with E-state index in [1.54, 1.807) is 0 Å². The Kier molecular flexibility index (Phi) is 9.17. The summed E-state index contributed by atoms with van der Waals surface area (Å²) in [6.07, 6.45) is 0. The Bertz CT molecular complexity index is 3920. The molecule has 0 aliphatic heterocycles. The quantitative estimate of drug-likeness (QED) is 0.152. The second-order valence-electron chi connectivity index (χ2n) is 17.3. The standard InChI is InChI=1S/C64H42N2O/c1-2-13-47-41-50(25-24-43(47)12-1)49-15-11-14-48(40-49)44-26-33-52(34-27-44)65(53-35-28-45(29-36-53)51-32-39-59-58-19-6-10-23-63(58)67-64(59)42-51)54-37-30-46(31-38-54)55-16-3-7-20-60(55)66-61-21-8-4-17-56(61)57-18-5-9-22-62(57)66/h1-42H. The largest absolute Gasteiger partial charge is 0.456 e. The van der Waals surface area contributed by atoms with Crippen LogP contribution in [0.4, 0.5) is 17.1 Å². The molecule has 0 saturated carbocycles. The number of hydrogen-bond donors (Lipinski definition) is 0. The minimum Gasteiger partial charge on any atom is -0.456 e. The average molecular weight is 855 g/mol. The molecule has 13 aromatic rings. The van der Waals surface area contributed by atoms with Crippen LogP contribution in [0.1, 0.15) is 0 Å². The predicted molar refractivity (Wildman–Crippen MR) is 282 cm³/mol. The van der Waals surface area contributed by atoms with Crippen molar-refractivity contribution in [2.75, 3.05) is 4.90 Å². The van der Waals surface area contributed by atoms with E-state index < -0.39 is 0 Å². The lowest BCUT2D eigenvalue weighted by Gasteiger charge is -2.26. The van der Waals surface area contributed by atoms with Gasteiger partial charge in [-0.05, 0) is 135 Å². The van der Waals surface area contributed by atoms with Crippen LogP contribution in [0.25, 0.3) is 105 Å². The molecule has 67 heavy (non-hydrogen) atoms. The molecule has 0 aliphatic rings. The van der Waals surface area contributed by atoms with Gasteiger partial charge in [0.25, 0.3) is 0 Å². The molecule has 2 heterocycles. The highest BCUT2D eigenvalue weighted by molar-refractivity contribution is 6.10. The van der Waals surface area contributed by atoms with Gasteiger partial charge in [-0.1, -0.05) is 170 Å². The van der Waals surface area contributed by atoms with Gasteiger partial charge < -0.3 is 13.9 Å². The molecule has 13 rings (SSSR count). The topological polar surface area (TPSA) is 21.3 Å². The van der Waals surface area contributed by atoms with Crippen LogP contribution in [-0.2, 0) is 0 Å². The van der Waals surface area contributed by atoms with Crippen molar-refractivity contribution >= 4 is 71.6 Å².